The molecule has 1 aliphatic heterocycles. The molecule has 2 fully saturated rings. The van der Waals surface area contributed by atoms with Crippen LogP contribution in [0.4, 0.5) is 22.0 Å². The van der Waals surface area contributed by atoms with Gasteiger partial charge in [0.2, 0.25) is 0 Å². The van der Waals surface area contributed by atoms with Crippen molar-refractivity contribution in [3.63, 3.8) is 0 Å². The highest BCUT2D eigenvalue weighted by Gasteiger charge is 2.35. The molecule has 200 valence electrons. The lowest BCUT2D eigenvalue weighted by Crippen LogP contribution is -2.10. The van der Waals surface area contributed by atoms with Crippen LogP contribution in [0.3, 0.4) is 0 Å². The van der Waals surface area contributed by atoms with Gasteiger partial charge in [0.1, 0.15) is 29.2 Å². The maximum absolute atomic E-state index is 14.2. The fraction of sp³-hybridized carbons (Fsp3) is 0.423. The van der Waals surface area contributed by atoms with E-state index in [1.807, 2.05) is 6.20 Å². The van der Waals surface area contributed by atoms with Crippen molar-refractivity contribution in [1.29, 1.82) is 0 Å². The zero-order chi connectivity index (χ0) is 27.0. The van der Waals surface area contributed by atoms with Gasteiger partial charge in [-0.15, -0.1) is 0 Å². The van der Waals surface area contributed by atoms with Crippen molar-refractivity contribution in [3.8, 4) is 11.3 Å². The summed E-state index contributed by atoms with van der Waals surface area (Å²) in [6, 6.07) is 1.25. The molecule has 3 aromatic heterocycles. The van der Waals surface area contributed by atoms with Gasteiger partial charge in [-0.1, -0.05) is 0 Å². The highest BCUT2D eigenvalue weighted by atomic mass is 19.4. The number of aromatic nitrogens is 6. The van der Waals surface area contributed by atoms with E-state index >= 15 is 0 Å². The molecule has 4 aromatic rings. The molecule has 6 rings (SSSR count). The Hall–Kier alpha value is -3.54. The fourth-order valence-corrected chi connectivity index (χ4v) is 4.25. The van der Waals surface area contributed by atoms with E-state index in [1.165, 1.54) is 31.2 Å². The van der Waals surface area contributed by atoms with Gasteiger partial charge >= 0.3 is 6.18 Å². The molecule has 7 nitrogen and oxygen atoms in total. The van der Waals surface area contributed by atoms with Crippen molar-refractivity contribution in [2.45, 2.75) is 64.3 Å². The topological polar surface area (TPSA) is 78.6 Å². The molecule has 0 N–H and O–H groups in total. The van der Waals surface area contributed by atoms with Crippen LogP contribution in [0.5, 0.6) is 0 Å². The molecule has 1 atom stereocenters. The van der Waals surface area contributed by atoms with E-state index in [0.29, 0.717) is 29.6 Å². The normalized spacial score (nSPS) is 17.8. The lowest BCUT2D eigenvalue weighted by atomic mass is 10.0. The molecule has 0 spiro atoms. The summed E-state index contributed by atoms with van der Waals surface area (Å²) in [5.41, 5.74) is 0.363. The van der Waals surface area contributed by atoms with Gasteiger partial charge in [-0.25, -0.2) is 28.7 Å². The predicted molar refractivity (Wildman–Crippen MR) is 128 cm³/mol. The summed E-state index contributed by atoms with van der Waals surface area (Å²) in [7, 11) is 0. The summed E-state index contributed by atoms with van der Waals surface area (Å²) in [6.45, 7) is 4.27. The van der Waals surface area contributed by atoms with Crippen LogP contribution in [0.1, 0.15) is 66.8 Å². The van der Waals surface area contributed by atoms with Crippen molar-refractivity contribution in [1.82, 2.24) is 29.7 Å². The van der Waals surface area contributed by atoms with Gasteiger partial charge in [-0.3, -0.25) is 4.68 Å². The lowest BCUT2D eigenvalue weighted by Gasteiger charge is -2.21. The first-order valence-electron chi connectivity index (χ1n) is 12.3. The predicted octanol–water partition coefficient (Wildman–Crippen LogP) is 6.46. The van der Waals surface area contributed by atoms with Crippen molar-refractivity contribution in [2.24, 2.45) is 0 Å². The Balaban J connectivity index is 0.000000177. The van der Waals surface area contributed by atoms with E-state index in [4.69, 9.17) is 4.74 Å². The molecule has 4 heterocycles. The van der Waals surface area contributed by atoms with Gasteiger partial charge in [0.05, 0.1) is 35.3 Å². The lowest BCUT2D eigenvalue weighted by molar-refractivity contribution is -0.140. The minimum absolute atomic E-state index is 0.0821. The van der Waals surface area contributed by atoms with E-state index in [2.05, 4.69) is 35.9 Å². The van der Waals surface area contributed by atoms with Crippen LogP contribution in [-0.4, -0.2) is 36.3 Å². The number of halogens is 5. The number of hydrogen-bond acceptors (Lipinski definition) is 6. The SMILES string of the molecule is Cc1nc2ncnc(-c3cc(F)c(C(F)(F)F)cc3F)c2nc1C.c1nn(C2CC2)cc1[C@@H]1CCCCO1. The van der Waals surface area contributed by atoms with E-state index < -0.39 is 28.9 Å². The third-order valence-corrected chi connectivity index (χ3v) is 6.59. The third-order valence-electron chi connectivity index (χ3n) is 6.59. The molecule has 0 unspecified atom stereocenters. The summed E-state index contributed by atoms with van der Waals surface area (Å²) in [5, 5.41) is 4.39. The summed E-state index contributed by atoms with van der Waals surface area (Å²) in [4.78, 5) is 16.1. The Labute approximate surface area is 215 Å². The summed E-state index contributed by atoms with van der Waals surface area (Å²) < 4.78 is 73.8. The van der Waals surface area contributed by atoms with E-state index in [9.17, 15) is 22.0 Å². The molecule has 0 amide bonds. The number of rotatable bonds is 3. The van der Waals surface area contributed by atoms with Crippen LogP contribution in [0.2, 0.25) is 0 Å². The average molecular weight is 533 g/mol. The zero-order valence-electron chi connectivity index (χ0n) is 20.8. The first-order chi connectivity index (χ1) is 18.1. The number of hydrogen-bond donors (Lipinski definition) is 0. The molecule has 38 heavy (non-hydrogen) atoms. The standard InChI is InChI=1S/C15H9F5N4.C11H16N2O/c1-6-7(2)24-14-13(23-6)12(21-5-22-14)8-3-11(17)9(4-10(8)16)15(18,19)20;1-2-6-14-11(3-1)9-7-12-13(8-9)10-4-5-10/h3-5H,1-2H3;7-8,10-11H,1-6H2/t;11-/m.0/s1. The molecular formula is C26H25F5N6O. The fourth-order valence-electron chi connectivity index (χ4n) is 4.25. The smallest absolute Gasteiger partial charge is 0.373 e. The quantitative estimate of drug-likeness (QED) is 0.282. The number of alkyl halides is 3. The van der Waals surface area contributed by atoms with Crippen LogP contribution in [0, 0.1) is 25.5 Å². The molecular weight excluding hydrogens is 507 g/mol. The van der Waals surface area contributed by atoms with Crippen LogP contribution in [-0.2, 0) is 10.9 Å². The van der Waals surface area contributed by atoms with Gasteiger partial charge in [-0.2, -0.15) is 18.3 Å². The van der Waals surface area contributed by atoms with Gasteiger partial charge in [0, 0.05) is 23.9 Å². The van der Waals surface area contributed by atoms with Gasteiger partial charge in [0.15, 0.2) is 5.65 Å². The number of nitrogens with zero attached hydrogens (tertiary/aromatic N) is 6. The zero-order valence-corrected chi connectivity index (χ0v) is 20.8. The Morgan fingerprint density at radius 2 is 1.71 bits per heavy atom. The molecule has 1 aromatic carbocycles. The Bertz CT molecular complexity index is 1460. The van der Waals surface area contributed by atoms with Gasteiger partial charge in [0.25, 0.3) is 0 Å². The van der Waals surface area contributed by atoms with Crippen LogP contribution in [0.15, 0.2) is 30.9 Å². The van der Waals surface area contributed by atoms with Crippen molar-refractivity contribution >= 4 is 11.2 Å². The Kier molecular flexibility index (Phi) is 7.08. The number of fused-ring (bicyclic) bond motifs is 1. The van der Waals surface area contributed by atoms with Crippen LogP contribution >= 0.6 is 0 Å². The maximum Gasteiger partial charge on any atom is 0.419 e. The summed E-state index contributed by atoms with van der Waals surface area (Å²) in [5.74, 6) is -2.86. The maximum atomic E-state index is 14.2. The van der Waals surface area contributed by atoms with Crippen molar-refractivity contribution < 1.29 is 26.7 Å². The molecule has 12 heteroatoms. The Morgan fingerprint density at radius 3 is 2.39 bits per heavy atom. The molecule has 2 aliphatic rings. The van der Waals surface area contributed by atoms with Crippen LogP contribution < -0.4 is 0 Å². The second-order valence-electron chi connectivity index (χ2n) is 9.44. The first kappa shape index (κ1) is 26.1. The van der Waals surface area contributed by atoms with E-state index in [1.54, 1.807) is 13.8 Å². The highest BCUT2D eigenvalue weighted by molar-refractivity contribution is 5.86. The van der Waals surface area contributed by atoms with Crippen LogP contribution in [0.25, 0.3) is 22.4 Å². The first-order valence-corrected chi connectivity index (χ1v) is 12.3. The van der Waals surface area contributed by atoms with Crippen molar-refractivity contribution in [3.05, 3.63) is 65.0 Å². The second kappa shape index (κ2) is 10.3. The molecule has 1 aliphatic carbocycles. The van der Waals surface area contributed by atoms with E-state index in [0.717, 1.165) is 19.4 Å². The average Bonchev–Trinajstić information content (AvgIpc) is 3.62. The number of aryl methyl sites for hydroxylation is 2. The molecule has 0 radical (unpaired) electrons. The molecule has 0 bridgehead atoms. The summed E-state index contributed by atoms with van der Waals surface area (Å²) >= 11 is 0. The largest absolute Gasteiger partial charge is 0.419 e. The minimum Gasteiger partial charge on any atom is -0.373 e. The number of ether oxygens (including phenoxy) is 1. The second-order valence-corrected chi connectivity index (χ2v) is 9.44. The molecule has 1 saturated heterocycles. The van der Waals surface area contributed by atoms with Crippen molar-refractivity contribution in [2.75, 3.05) is 6.61 Å². The minimum atomic E-state index is -5.00. The highest BCUT2D eigenvalue weighted by Crippen LogP contribution is 2.37. The van der Waals surface area contributed by atoms with E-state index in [-0.39, 0.29) is 22.9 Å². The monoisotopic (exact) mass is 532 g/mol. The van der Waals surface area contributed by atoms with Gasteiger partial charge < -0.3 is 4.74 Å². The van der Waals surface area contributed by atoms with Gasteiger partial charge in [-0.05, 0) is 58.1 Å². The Morgan fingerprint density at radius 1 is 0.947 bits per heavy atom. The molecule has 1 saturated carbocycles. The number of benzene rings is 1. The third kappa shape index (κ3) is 5.50. The summed E-state index contributed by atoms with van der Waals surface area (Å²) in [6.07, 6.45) is 6.81.